The molecule has 2 aromatic rings. The van der Waals surface area contributed by atoms with Gasteiger partial charge in [-0.25, -0.2) is 8.42 Å². The lowest BCUT2D eigenvalue weighted by molar-refractivity contribution is -0.134. The Hall–Kier alpha value is -3.35. The van der Waals surface area contributed by atoms with E-state index in [1.54, 1.807) is 12.0 Å². The molecule has 2 amide bonds. The molecule has 4 rings (SSSR count). The minimum atomic E-state index is -4.10. The number of sulfonamides is 1. The summed E-state index contributed by atoms with van der Waals surface area (Å²) < 4.78 is 50.9. The number of rotatable bonds is 10. The highest BCUT2D eigenvalue weighted by Gasteiger charge is 2.47. The number of carbonyl (C=O) groups excluding carboxylic acids is 2. The highest BCUT2D eigenvalue weighted by molar-refractivity contribution is 7.89. The predicted octanol–water partition coefficient (Wildman–Crippen LogP) is 1.80. The van der Waals surface area contributed by atoms with Gasteiger partial charge in [-0.15, -0.1) is 0 Å². The third kappa shape index (κ3) is 6.45. The van der Waals surface area contributed by atoms with Gasteiger partial charge in [0.15, 0.2) is 11.5 Å². The molecule has 39 heavy (non-hydrogen) atoms. The smallest absolute Gasteiger partial charge is 0.244 e. The molecule has 0 spiro atoms. The van der Waals surface area contributed by atoms with Crippen LogP contribution in [-0.2, 0) is 31.0 Å². The third-order valence-electron chi connectivity index (χ3n) is 6.99. The fourth-order valence-electron chi connectivity index (χ4n) is 5.04. The maximum Gasteiger partial charge on any atom is 0.244 e. The number of hydrogen-bond acceptors (Lipinski definition) is 8. The van der Waals surface area contributed by atoms with Crippen molar-refractivity contribution in [3.05, 3.63) is 48.0 Å². The Morgan fingerprint density at radius 1 is 1.00 bits per heavy atom. The van der Waals surface area contributed by atoms with Gasteiger partial charge < -0.3 is 29.2 Å². The largest absolute Gasteiger partial charge is 0.497 e. The van der Waals surface area contributed by atoms with Gasteiger partial charge in [0, 0.05) is 45.1 Å². The highest BCUT2D eigenvalue weighted by atomic mass is 32.2. The fraction of sp³-hybridized carbons (Fsp3) is 0.481. The Morgan fingerprint density at radius 2 is 1.77 bits per heavy atom. The molecule has 2 aliphatic heterocycles. The zero-order chi connectivity index (χ0) is 28.2. The van der Waals surface area contributed by atoms with Gasteiger partial charge in [0.05, 0.1) is 38.9 Å². The second kappa shape index (κ2) is 12.2. The van der Waals surface area contributed by atoms with E-state index in [9.17, 15) is 18.0 Å². The van der Waals surface area contributed by atoms with E-state index in [2.05, 4.69) is 5.32 Å². The van der Waals surface area contributed by atoms with E-state index in [0.29, 0.717) is 31.0 Å². The van der Waals surface area contributed by atoms with Gasteiger partial charge in [-0.3, -0.25) is 9.59 Å². The number of methoxy groups -OCH3 is 3. The van der Waals surface area contributed by atoms with Crippen molar-refractivity contribution in [2.24, 2.45) is 0 Å². The van der Waals surface area contributed by atoms with Crippen molar-refractivity contribution in [3.63, 3.8) is 0 Å². The zero-order valence-corrected chi connectivity index (χ0v) is 23.4. The first kappa shape index (κ1) is 28.7. The Labute approximate surface area is 229 Å². The van der Waals surface area contributed by atoms with E-state index in [4.69, 9.17) is 18.9 Å². The molecule has 1 unspecified atom stereocenters. The molecule has 0 radical (unpaired) electrons. The van der Waals surface area contributed by atoms with Crippen LogP contribution in [0.25, 0.3) is 0 Å². The Bertz CT molecular complexity index is 1300. The highest BCUT2D eigenvalue weighted by Crippen LogP contribution is 2.34. The third-order valence-corrected chi connectivity index (χ3v) is 8.86. The molecular weight excluding hydrogens is 526 g/mol. The second-order valence-corrected chi connectivity index (χ2v) is 11.5. The summed E-state index contributed by atoms with van der Waals surface area (Å²) in [7, 11) is 0.380. The summed E-state index contributed by atoms with van der Waals surface area (Å²) in [6, 6.07) is 10.7. The predicted molar refractivity (Wildman–Crippen MR) is 142 cm³/mol. The lowest BCUT2D eigenvalue weighted by Crippen LogP contribution is -2.48. The molecule has 2 fully saturated rings. The molecule has 12 heteroatoms. The SMILES string of the molecule is COc1cccc(CO[C@@H]2C[C@@H](C(=O)N3CCC(NC(C)=O)C3)N(S(=O)(=O)c3ccc(OC)c(OC)c3)C2)c1. The van der Waals surface area contributed by atoms with Gasteiger partial charge in [-0.05, 0) is 36.2 Å². The molecule has 1 N–H and O–H groups in total. The number of nitrogens with zero attached hydrogens (tertiary/aromatic N) is 2. The molecule has 0 aromatic heterocycles. The molecule has 0 saturated carbocycles. The van der Waals surface area contributed by atoms with E-state index in [1.807, 2.05) is 24.3 Å². The van der Waals surface area contributed by atoms with Gasteiger partial charge in [0.1, 0.15) is 11.8 Å². The Kier molecular flexibility index (Phi) is 8.98. The summed E-state index contributed by atoms with van der Waals surface area (Å²) in [5.74, 6) is 0.879. The first-order valence-corrected chi connectivity index (χ1v) is 14.1. The van der Waals surface area contributed by atoms with Crippen LogP contribution in [0.5, 0.6) is 17.2 Å². The van der Waals surface area contributed by atoms with Crippen LogP contribution in [0.4, 0.5) is 0 Å². The van der Waals surface area contributed by atoms with Crippen LogP contribution in [0.1, 0.15) is 25.3 Å². The molecule has 2 aromatic carbocycles. The monoisotopic (exact) mass is 561 g/mol. The quantitative estimate of drug-likeness (QED) is 0.466. The molecule has 2 aliphatic rings. The van der Waals surface area contributed by atoms with Crippen LogP contribution in [0.15, 0.2) is 47.4 Å². The Morgan fingerprint density at radius 3 is 2.46 bits per heavy atom. The number of nitrogens with one attached hydrogen (secondary N) is 1. The van der Waals surface area contributed by atoms with Gasteiger partial charge >= 0.3 is 0 Å². The molecule has 11 nitrogen and oxygen atoms in total. The van der Waals surface area contributed by atoms with E-state index in [0.717, 1.165) is 5.56 Å². The molecule has 2 saturated heterocycles. The van der Waals surface area contributed by atoms with E-state index in [1.165, 1.54) is 43.6 Å². The number of amides is 2. The average Bonchev–Trinajstić information content (AvgIpc) is 3.58. The van der Waals surface area contributed by atoms with Crippen molar-refractivity contribution in [2.45, 2.75) is 49.5 Å². The minimum Gasteiger partial charge on any atom is -0.497 e. The van der Waals surface area contributed by atoms with Crippen LogP contribution in [0.2, 0.25) is 0 Å². The summed E-state index contributed by atoms with van der Waals surface area (Å²) in [5.41, 5.74) is 0.871. The van der Waals surface area contributed by atoms with Crippen molar-refractivity contribution >= 4 is 21.8 Å². The van der Waals surface area contributed by atoms with Crippen LogP contribution in [-0.4, -0.2) is 88.6 Å². The number of likely N-dealkylation sites (tertiary alicyclic amines) is 1. The first-order chi connectivity index (χ1) is 18.7. The maximum atomic E-state index is 13.9. The molecule has 3 atom stereocenters. The maximum absolute atomic E-state index is 13.9. The zero-order valence-electron chi connectivity index (χ0n) is 22.6. The van der Waals surface area contributed by atoms with Crippen molar-refractivity contribution < 1.29 is 37.0 Å². The minimum absolute atomic E-state index is 0.0102. The van der Waals surface area contributed by atoms with E-state index >= 15 is 0 Å². The van der Waals surface area contributed by atoms with Crippen molar-refractivity contribution in [1.82, 2.24) is 14.5 Å². The topological polar surface area (TPSA) is 124 Å². The number of hydrogen-bond donors (Lipinski definition) is 1. The number of carbonyl (C=O) groups is 2. The van der Waals surface area contributed by atoms with E-state index < -0.39 is 22.2 Å². The molecule has 0 aliphatic carbocycles. The van der Waals surface area contributed by atoms with E-state index in [-0.39, 0.29) is 48.1 Å². The van der Waals surface area contributed by atoms with Crippen LogP contribution in [0.3, 0.4) is 0 Å². The van der Waals surface area contributed by atoms with Crippen molar-refractivity contribution in [2.75, 3.05) is 41.0 Å². The van der Waals surface area contributed by atoms with Crippen molar-refractivity contribution in [1.29, 1.82) is 0 Å². The Balaban J connectivity index is 1.58. The van der Waals surface area contributed by atoms with Gasteiger partial charge in [0.2, 0.25) is 21.8 Å². The lowest BCUT2D eigenvalue weighted by Gasteiger charge is -2.27. The summed E-state index contributed by atoms with van der Waals surface area (Å²) in [5, 5.41) is 2.84. The van der Waals surface area contributed by atoms with Crippen LogP contribution in [0, 0.1) is 0 Å². The van der Waals surface area contributed by atoms with Gasteiger partial charge in [-0.2, -0.15) is 4.31 Å². The average molecular weight is 562 g/mol. The summed E-state index contributed by atoms with van der Waals surface area (Å²) >= 11 is 0. The standard InChI is InChI=1S/C27H35N3O8S/c1-18(31)28-20-10-11-29(15-20)27(32)24-13-22(38-17-19-6-5-7-21(12-19)35-2)16-30(24)39(33,34)23-8-9-25(36-3)26(14-23)37-4/h5-9,12,14,20,22,24H,10-11,13,15-17H2,1-4H3,(H,28,31)/t20?,22-,24+/m1/s1. The first-order valence-electron chi connectivity index (χ1n) is 12.7. The molecule has 2 heterocycles. The summed E-state index contributed by atoms with van der Waals surface area (Å²) in [6.07, 6.45) is 0.307. The summed E-state index contributed by atoms with van der Waals surface area (Å²) in [6.45, 7) is 2.44. The van der Waals surface area contributed by atoms with Crippen molar-refractivity contribution in [3.8, 4) is 17.2 Å². The van der Waals surface area contributed by atoms with Gasteiger partial charge in [-0.1, -0.05) is 12.1 Å². The number of ether oxygens (including phenoxy) is 4. The van der Waals surface area contributed by atoms with Crippen LogP contribution >= 0.6 is 0 Å². The molecule has 0 bridgehead atoms. The normalized spacial score (nSPS) is 21.5. The molecular formula is C27H35N3O8S. The fourth-order valence-corrected chi connectivity index (χ4v) is 6.69. The second-order valence-electron chi connectivity index (χ2n) is 9.60. The van der Waals surface area contributed by atoms with Crippen LogP contribution < -0.4 is 19.5 Å². The molecule has 212 valence electrons. The summed E-state index contributed by atoms with van der Waals surface area (Å²) in [4.78, 5) is 26.8. The number of benzene rings is 2. The lowest BCUT2D eigenvalue weighted by atomic mass is 10.1. The van der Waals surface area contributed by atoms with Gasteiger partial charge in [0.25, 0.3) is 0 Å².